The van der Waals surface area contributed by atoms with Crippen molar-refractivity contribution in [1.82, 2.24) is 0 Å². The van der Waals surface area contributed by atoms with E-state index >= 15 is 0 Å². The van der Waals surface area contributed by atoms with Gasteiger partial charge in [-0.3, -0.25) is 0 Å². The SMILES string of the molecule is CCC(C)CCCC(C)(N)CC=COC=CCC(C)(N)CCCC(C)CC. The molecule has 0 rings (SSSR count). The van der Waals surface area contributed by atoms with Gasteiger partial charge < -0.3 is 16.2 Å². The average Bonchev–Trinajstić information content (AvgIpc) is 2.60. The zero-order chi connectivity index (χ0) is 20.8. The number of hydrogen-bond acceptors (Lipinski definition) is 3. The van der Waals surface area contributed by atoms with Crippen LogP contribution in [0.2, 0.25) is 0 Å². The first kappa shape index (κ1) is 26.2. The number of hydrogen-bond donors (Lipinski definition) is 2. The van der Waals surface area contributed by atoms with Gasteiger partial charge >= 0.3 is 0 Å². The lowest BCUT2D eigenvalue weighted by Crippen LogP contribution is -2.35. The first-order chi connectivity index (χ1) is 12.6. The lowest BCUT2D eigenvalue weighted by atomic mass is 9.90. The van der Waals surface area contributed by atoms with E-state index in [0.717, 1.165) is 37.5 Å². The van der Waals surface area contributed by atoms with Crippen molar-refractivity contribution in [2.24, 2.45) is 23.3 Å². The lowest BCUT2D eigenvalue weighted by Gasteiger charge is -2.23. The molecule has 4 atom stereocenters. The van der Waals surface area contributed by atoms with Gasteiger partial charge in [0.05, 0.1) is 12.5 Å². The molecule has 0 spiro atoms. The molecule has 27 heavy (non-hydrogen) atoms. The normalized spacial score (nSPS) is 19.1. The Balaban J connectivity index is 3.96. The monoisotopic (exact) mass is 380 g/mol. The van der Waals surface area contributed by atoms with E-state index in [1.165, 1.54) is 38.5 Å². The molecule has 3 nitrogen and oxygen atoms in total. The van der Waals surface area contributed by atoms with E-state index in [1.54, 1.807) is 12.5 Å². The van der Waals surface area contributed by atoms with Crippen LogP contribution in [-0.2, 0) is 4.74 Å². The third-order valence-electron chi connectivity index (χ3n) is 5.80. The van der Waals surface area contributed by atoms with Gasteiger partial charge in [-0.15, -0.1) is 0 Å². The van der Waals surface area contributed by atoms with Crippen molar-refractivity contribution < 1.29 is 4.74 Å². The third-order valence-corrected chi connectivity index (χ3v) is 5.80. The van der Waals surface area contributed by atoms with Crippen LogP contribution in [0.5, 0.6) is 0 Å². The van der Waals surface area contributed by atoms with Crippen LogP contribution < -0.4 is 11.5 Å². The van der Waals surface area contributed by atoms with E-state index in [2.05, 4.69) is 41.5 Å². The molecule has 0 aliphatic carbocycles. The van der Waals surface area contributed by atoms with Gasteiger partial charge in [-0.05, 0) is 63.5 Å². The van der Waals surface area contributed by atoms with Gasteiger partial charge in [0.25, 0.3) is 0 Å². The largest absolute Gasteiger partial charge is 0.473 e. The van der Waals surface area contributed by atoms with Gasteiger partial charge in [-0.1, -0.05) is 66.2 Å². The smallest absolute Gasteiger partial charge is 0.0862 e. The Kier molecular flexibility index (Phi) is 13.8. The second-order valence-electron chi connectivity index (χ2n) is 9.41. The van der Waals surface area contributed by atoms with Gasteiger partial charge in [0, 0.05) is 11.1 Å². The molecule has 4 N–H and O–H groups in total. The summed E-state index contributed by atoms with van der Waals surface area (Å²) in [5.41, 5.74) is 12.5. The Morgan fingerprint density at radius 3 is 1.48 bits per heavy atom. The maximum Gasteiger partial charge on any atom is 0.0862 e. The molecule has 0 saturated heterocycles. The van der Waals surface area contributed by atoms with Gasteiger partial charge in [0.2, 0.25) is 0 Å². The molecule has 3 heteroatoms. The Bertz CT molecular complexity index is 375. The van der Waals surface area contributed by atoms with E-state index in [1.807, 2.05) is 12.2 Å². The molecule has 0 aromatic rings. The van der Waals surface area contributed by atoms with Crippen LogP contribution in [0.3, 0.4) is 0 Å². The van der Waals surface area contributed by atoms with Crippen LogP contribution in [0.1, 0.15) is 106 Å². The summed E-state index contributed by atoms with van der Waals surface area (Å²) in [5.74, 6) is 1.60. The Morgan fingerprint density at radius 2 is 1.15 bits per heavy atom. The molecule has 4 unspecified atom stereocenters. The zero-order valence-corrected chi connectivity index (χ0v) is 19.1. The standard InChI is InChI=1S/C24H48N2O/c1-7-21(3)13-9-15-23(5,25)17-11-19-27-20-12-18-24(6,26)16-10-14-22(4)8-2/h11-12,19-22H,7-10,13-18,25-26H2,1-6H3. The van der Waals surface area contributed by atoms with Crippen LogP contribution in [0.4, 0.5) is 0 Å². The molecule has 0 amide bonds. The summed E-state index contributed by atoms with van der Waals surface area (Å²) in [7, 11) is 0. The van der Waals surface area contributed by atoms with Crippen molar-refractivity contribution in [3.8, 4) is 0 Å². The van der Waals surface area contributed by atoms with Crippen molar-refractivity contribution >= 4 is 0 Å². The predicted octanol–water partition coefficient (Wildman–Crippen LogP) is 6.68. The van der Waals surface area contributed by atoms with E-state index < -0.39 is 0 Å². The number of rotatable bonds is 16. The highest BCUT2D eigenvalue weighted by Gasteiger charge is 2.17. The first-order valence-electron chi connectivity index (χ1n) is 11.1. The highest BCUT2D eigenvalue weighted by Crippen LogP contribution is 2.20. The van der Waals surface area contributed by atoms with Crippen molar-refractivity contribution in [3.05, 3.63) is 24.7 Å². The lowest BCUT2D eigenvalue weighted by molar-refractivity contribution is 0.365. The zero-order valence-electron chi connectivity index (χ0n) is 19.1. The quantitative estimate of drug-likeness (QED) is 0.294. The van der Waals surface area contributed by atoms with Crippen molar-refractivity contribution in [2.45, 2.75) is 117 Å². The summed E-state index contributed by atoms with van der Waals surface area (Å²) in [6.45, 7) is 13.4. The van der Waals surface area contributed by atoms with Crippen LogP contribution in [0.25, 0.3) is 0 Å². The second-order valence-corrected chi connectivity index (χ2v) is 9.41. The molecule has 0 heterocycles. The minimum atomic E-state index is -0.150. The molecule has 0 aliphatic rings. The summed E-state index contributed by atoms with van der Waals surface area (Å²) < 4.78 is 5.47. The first-order valence-corrected chi connectivity index (χ1v) is 11.1. The Morgan fingerprint density at radius 1 is 0.778 bits per heavy atom. The molecule has 0 bridgehead atoms. The molecule has 0 radical (unpaired) electrons. The van der Waals surface area contributed by atoms with Crippen molar-refractivity contribution in [3.63, 3.8) is 0 Å². The van der Waals surface area contributed by atoms with E-state index in [4.69, 9.17) is 16.2 Å². The second kappa shape index (κ2) is 14.2. The topological polar surface area (TPSA) is 61.3 Å². The molecule has 160 valence electrons. The van der Waals surface area contributed by atoms with E-state index in [0.29, 0.717) is 0 Å². The molecular formula is C24H48N2O. The fraction of sp³-hybridized carbons (Fsp3) is 0.833. The maximum absolute atomic E-state index is 6.38. The summed E-state index contributed by atoms with van der Waals surface area (Å²) in [5, 5.41) is 0. The molecule has 0 aromatic carbocycles. The molecule has 0 fully saturated rings. The summed E-state index contributed by atoms with van der Waals surface area (Å²) in [6, 6.07) is 0. The van der Waals surface area contributed by atoms with Gasteiger partial charge in [-0.2, -0.15) is 0 Å². The fourth-order valence-electron chi connectivity index (χ4n) is 3.11. The minimum Gasteiger partial charge on any atom is -0.473 e. The third kappa shape index (κ3) is 15.9. The van der Waals surface area contributed by atoms with Crippen LogP contribution in [-0.4, -0.2) is 11.1 Å². The fourth-order valence-corrected chi connectivity index (χ4v) is 3.11. The highest BCUT2D eigenvalue weighted by molar-refractivity contribution is 4.92. The van der Waals surface area contributed by atoms with E-state index in [9.17, 15) is 0 Å². The molecule has 0 saturated carbocycles. The average molecular weight is 381 g/mol. The van der Waals surface area contributed by atoms with Gasteiger partial charge in [-0.25, -0.2) is 0 Å². The van der Waals surface area contributed by atoms with E-state index in [-0.39, 0.29) is 11.1 Å². The van der Waals surface area contributed by atoms with Gasteiger partial charge in [0.1, 0.15) is 0 Å². The molecular weight excluding hydrogens is 332 g/mol. The summed E-state index contributed by atoms with van der Waals surface area (Å²) in [6.07, 6.45) is 18.8. The van der Waals surface area contributed by atoms with Gasteiger partial charge in [0.15, 0.2) is 0 Å². The minimum absolute atomic E-state index is 0.150. The Hall–Kier alpha value is -0.800. The predicted molar refractivity (Wildman–Crippen MR) is 120 cm³/mol. The van der Waals surface area contributed by atoms with Crippen LogP contribution in [0, 0.1) is 11.8 Å². The molecule has 0 aromatic heterocycles. The summed E-state index contributed by atoms with van der Waals surface area (Å²) in [4.78, 5) is 0. The number of nitrogens with two attached hydrogens (primary N) is 2. The molecule has 0 aliphatic heterocycles. The summed E-state index contributed by atoms with van der Waals surface area (Å²) >= 11 is 0. The Labute approximate surface area is 170 Å². The number of ether oxygens (including phenoxy) is 1. The maximum atomic E-state index is 6.38. The van der Waals surface area contributed by atoms with Crippen molar-refractivity contribution in [1.29, 1.82) is 0 Å². The van der Waals surface area contributed by atoms with Crippen LogP contribution in [0.15, 0.2) is 24.7 Å². The van der Waals surface area contributed by atoms with Crippen molar-refractivity contribution in [2.75, 3.05) is 0 Å². The van der Waals surface area contributed by atoms with Crippen LogP contribution >= 0.6 is 0 Å². The highest BCUT2D eigenvalue weighted by atomic mass is 16.5.